The summed E-state index contributed by atoms with van der Waals surface area (Å²) in [5, 5.41) is 9.27. The van der Waals surface area contributed by atoms with Gasteiger partial charge in [0.15, 0.2) is 0 Å². The second-order valence-electron chi connectivity index (χ2n) is 9.33. The number of aromatic nitrogens is 1. The third-order valence-electron chi connectivity index (χ3n) is 7.46. The molecule has 2 N–H and O–H groups in total. The van der Waals surface area contributed by atoms with Crippen LogP contribution in [-0.2, 0) is 15.0 Å². The average molecular weight is 431 g/mol. The maximum absolute atomic E-state index is 9.27. The highest BCUT2D eigenvalue weighted by atomic mass is 16.5. The van der Waals surface area contributed by atoms with E-state index >= 15 is 0 Å². The van der Waals surface area contributed by atoms with Gasteiger partial charge in [-0.05, 0) is 62.3 Å². The first-order valence-electron chi connectivity index (χ1n) is 11.4. The molecule has 0 amide bonds. The first-order chi connectivity index (χ1) is 15.6. The van der Waals surface area contributed by atoms with Crippen molar-refractivity contribution in [2.75, 3.05) is 6.61 Å². The molecular weight excluding hydrogens is 404 g/mol. The van der Waals surface area contributed by atoms with Crippen LogP contribution in [0.1, 0.15) is 49.7 Å². The Morgan fingerprint density at radius 3 is 2.75 bits per heavy atom. The smallest absolute Gasteiger partial charge is 0.283 e. The van der Waals surface area contributed by atoms with E-state index in [1.165, 1.54) is 19.3 Å². The molecule has 7 heteroatoms. The van der Waals surface area contributed by atoms with Gasteiger partial charge in [0.05, 0.1) is 17.8 Å². The molecule has 1 aromatic carbocycles. The standard InChI is InChI=1S/C25H26N4O3/c26-11-15-8-17(13-28-12-15)16-4-6-22-20(9-16)25(14-30-24(27)29-25)21-10-19(5-7-23(21)32-22)31-18-2-1-3-18/h4,6,8-9,12-13,18-19,21,23H,1-3,5,7,10,14H2,(H2,27,29)/t19-,21-,23-,25?/m0/s1. The zero-order valence-electron chi connectivity index (χ0n) is 17.9. The van der Waals surface area contributed by atoms with Crippen molar-refractivity contribution in [3.05, 3.63) is 47.8 Å². The van der Waals surface area contributed by atoms with Crippen LogP contribution in [0.4, 0.5) is 0 Å². The number of rotatable bonds is 3. The van der Waals surface area contributed by atoms with Gasteiger partial charge in [-0.3, -0.25) is 4.98 Å². The number of benzene rings is 1. The molecule has 2 aliphatic heterocycles. The van der Waals surface area contributed by atoms with Gasteiger partial charge in [-0.2, -0.15) is 5.26 Å². The van der Waals surface area contributed by atoms with Crippen molar-refractivity contribution in [2.45, 2.75) is 62.4 Å². The Balaban J connectivity index is 1.40. The minimum absolute atomic E-state index is 0.0661. The van der Waals surface area contributed by atoms with Gasteiger partial charge in [-0.25, -0.2) is 4.99 Å². The highest BCUT2D eigenvalue weighted by molar-refractivity contribution is 5.75. The molecule has 3 heterocycles. The first-order valence-corrected chi connectivity index (χ1v) is 11.4. The Morgan fingerprint density at radius 2 is 2.00 bits per heavy atom. The summed E-state index contributed by atoms with van der Waals surface area (Å²) in [4.78, 5) is 9.11. The number of nitriles is 1. The molecule has 2 saturated carbocycles. The quantitative estimate of drug-likeness (QED) is 0.797. The predicted octanol–water partition coefficient (Wildman–Crippen LogP) is 3.66. The van der Waals surface area contributed by atoms with E-state index in [2.05, 4.69) is 17.1 Å². The second-order valence-corrected chi connectivity index (χ2v) is 9.33. The van der Waals surface area contributed by atoms with Crippen molar-refractivity contribution in [1.29, 1.82) is 5.26 Å². The van der Waals surface area contributed by atoms with E-state index in [1.54, 1.807) is 12.4 Å². The lowest BCUT2D eigenvalue weighted by Crippen LogP contribution is -2.52. The van der Waals surface area contributed by atoms with Gasteiger partial charge >= 0.3 is 0 Å². The summed E-state index contributed by atoms with van der Waals surface area (Å²) < 4.78 is 18.7. The second kappa shape index (κ2) is 7.49. The van der Waals surface area contributed by atoms with E-state index in [0.717, 1.165) is 41.7 Å². The van der Waals surface area contributed by atoms with Gasteiger partial charge in [0.25, 0.3) is 6.02 Å². The molecule has 164 valence electrons. The maximum atomic E-state index is 9.27. The van der Waals surface area contributed by atoms with E-state index < -0.39 is 5.54 Å². The molecule has 32 heavy (non-hydrogen) atoms. The molecule has 1 unspecified atom stereocenters. The van der Waals surface area contributed by atoms with Crippen LogP contribution in [0.3, 0.4) is 0 Å². The molecule has 7 nitrogen and oxygen atoms in total. The monoisotopic (exact) mass is 430 g/mol. The third-order valence-corrected chi connectivity index (χ3v) is 7.46. The molecule has 6 rings (SSSR count). The summed E-state index contributed by atoms with van der Waals surface area (Å²) in [5.74, 6) is 0.966. The van der Waals surface area contributed by atoms with Gasteiger partial charge in [-0.1, -0.05) is 6.07 Å². The lowest BCUT2D eigenvalue weighted by Gasteiger charge is -2.48. The lowest BCUT2D eigenvalue weighted by atomic mass is 9.67. The lowest BCUT2D eigenvalue weighted by molar-refractivity contribution is -0.106. The highest BCUT2D eigenvalue weighted by Gasteiger charge is 2.56. The average Bonchev–Trinajstić information content (AvgIpc) is 3.19. The van der Waals surface area contributed by atoms with Crippen LogP contribution in [0.25, 0.3) is 11.1 Å². The zero-order chi connectivity index (χ0) is 21.7. The van der Waals surface area contributed by atoms with Crippen molar-refractivity contribution in [3.63, 3.8) is 0 Å². The van der Waals surface area contributed by atoms with Gasteiger partial charge in [0.1, 0.15) is 30.1 Å². The number of aliphatic imine (C=N–C) groups is 1. The Labute approximate surface area is 187 Å². The molecular formula is C25H26N4O3. The van der Waals surface area contributed by atoms with Crippen molar-refractivity contribution in [3.8, 4) is 22.9 Å². The van der Waals surface area contributed by atoms with Gasteiger partial charge in [-0.15, -0.1) is 0 Å². The molecule has 2 aliphatic carbocycles. The number of nitrogens with two attached hydrogens (primary N) is 1. The fourth-order valence-corrected chi connectivity index (χ4v) is 5.60. The summed E-state index contributed by atoms with van der Waals surface area (Å²) in [5.41, 5.74) is 8.85. The normalized spacial score (nSPS) is 30.8. The van der Waals surface area contributed by atoms with E-state index in [0.29, 0.717) is 18.3 Å². The van der Waals surface area contributed by atoms with Crippen LogP contribution in [0.2, 0.25) is 0 Å². The molecule has 0 saturated heterocycles. The number of hydrogen-bond acceptors (Lipinski definition) is 7. The Bertz CT molecular complexity index is 1120. The van der Waals surface area contributed by atoms with Gasteiger partial charge in [0.2, 0.25) is 0 Å². The fourth-order valence-electron chi connectivity index (χ4n) is 5.60. The van der Waals surface area contributed by atoms with Crippen LogP contribution in [-0.4, -0.2) is 35.9 Å². The number of hydrogen-bond donors (Lipinski definition) is 1. The molecule has 1 aromatic heterocycles. The number of nitrogens with zero attached hydrogens (tertiary/aromatic N) is 3. The van der Waals surface area contributed by atoms with Crippen molar-refractivity contribution >= 4 is 6.02 Å². The number of pyridine rings is 1. The zero-order valence-corrected chi connectivity index (χ0v) is 17.9. The van der Waals surface area contributed by atoms with Crippen molar-refractivity contribution in [2.24, 2.45) is 16.6 Å². The number of fused-ring (bicyclic) bond motifs is 4. The SMILES string of the molecule is N#Cc1cncc(-c2ccc3c(c2)C2(COC(N)=N2)[C@H]2C[C@@H](OC4CCC4)CC[C@@H]2O3)c1. The van der Waals surface area contributed by atoms with E-state index in [-0.39, 0.29) is 24.1 Å². The van der Waals surface area contributed by atoms with Crippen LogP contribution in [0.15, 0.2) is 41.7 Å². The fraction of sp³-hybridized carbons (Fsp3) is 0.480. The van der Waals surface area contributed by atoms with E-state index in [4.69, 9.17) is 24.9 Å². The molecule has 1 spiro atoms. The van der Waals surface area contributed by atoms with E-state index in [9.17, 15) is 5.26 Å². The summed E-state index contributed by atoms with van der Waals surface area (Å²) >= 11 is 0. The summed E-state index contributed by atoms with van der Waals surface area (Å²) in [6.07, 6.45) is 10.5. The van der Waals surface area contributed by atoms with Crippen LogP contribution in [0.5, 0.6) is 5.75 Å². The summed E-state index contributed by atoms with van der Waals surface area (Å²) in [6.45, 7) is 0.409. The van der Waals surface area contributed by atoms with Crippen molar-refractivity contribution in [1.82, 2.24) is 4.98 Å². The Kier molecular flexibility index (Phi) is 4.58. The van der Waals surface area contributed by atoms with Gasteiger partial charge < -0.3 is 19.9 Å². The van der Waals surface area contributed by atoms with Crippen molar-refractivity contribution < 1.29 is 14.2 Å². The summed E-state index contributed by atoms with van der Waals surface area (Å²) in [7, 11) is 0. The highest BCUT2D eigenvalue weighted by Crippen LogP contribution is 2.53. The topological polar surface area (TPSA) is 103 Å². The largest absolute Gasteiger partial charge is 0.490 e. The molecule has 2 fully saturated rings. The number of amidine groups is 1. The molecule has 4 aliphatic rings. The summed E-state index contributed by atoms with van der Waals surface area (Å²) in [6, 6.07) is 10.4. The molecule has 2 aromatic rings. The molecule has 0 bridgehead atoms. The number of ether oxygens (including phenoxy) is 3. The van der Waals surface area contributed by atoms with E-state index in [1.807, 2.05) is 18.2 Å². The Morgan fingerprint density at radius 1 is 1.09 bits per heavy atom. The maximum Gasteiger partial charge on any atom is 0.283 e. The molecule has 4 atom stereocenters. The van der Waals surface area contributed by atoms with Crippen LogP contribution < -0.4 is 10.5 Å². The third kappa shape index (κ3) is 3.13. The molecule has 0 radical (unpaired) electrons. The van der Waals surface area contributed by atoms with Crippen LogP contribution >= 0.6 is 0 Å². The predicted molar refractivity (Wildman–Crippen MR) is 118 cm³/mol. The van der Waals surface area contributed by atoms with Crippen LogP contribution in [0, 0.1) is 17.2 Å². The first kappa shape index (κ1) is 19.6. The minimum Gasteiger partial charge on any atom is -0.490 e. The minimum atomic E-state index is -0.583. The Hall–Kier alpha value is -3.11. The van der Waals surface area contributed by atoms with Gasteiger partial charge in [0, 0.05) is 29.4 Å².